The minimum absolute atomic E-state index is 0.00951. The molecule has 0 aromatic heterocycles. The number of quaternary nitrogens is 1. The topological polar surface area (TPSA) is 109 Å². The summed E-state index contributed by atoms with van der Waals surface area (Å²) in [6, 6.07) is 10.1. The Morgan fingerprint density at radius 2 is 1.88 bits per heavy atom. The van der Waals surface area contributed by atoms with Crippen LogP contribution in [0, 0.1) is 0 Å². The molecule has 4 N–H and O–H groups in total. The third kappa shape index (κ3) is 5.86. The molecular weight excluding hydrogens is 339 g/mol. The van der Waals surface area contributed by atoms with Crippen molar-refractivity contribution in [2.75, 3.05) is 0 Å². The lowest BCUT2D eigenvalue weighted by Crippen LogP contribution is -2.68. The molecule has 0 fully saturated rings. The first kappa shape index (κ1) is 20.6. The van der Waals surface area contributed by atoms with E-state index in [-0.39, 0.29) is 11.9 Å². The first-order valence-electron chi connectivity index (χ1n) is 7.56. The third-order valence-electron chi connectivity index (χ3n) is 3.73. The fraction of sp³-hybridized carbons (Fsp3) is 0.438. The number of carboxylic acid groups (broad SMARTS) is 1. The predicted molar refractivity (Wildman–Crippen MR) is 82.2 cm³/mol. The largest absolute Gasteiger partial charge is 0.542 e. The van der Waals surface area contributed by atoms with Gasteiger partial charge in [-0.1, -0.05) is 37.3 Å². The quantitative estimate of drug-likeness (QED) is 0.779. The number of aliphatic imine (C=N–C) groups is 1. The number of amides is 1. The normalized spacial score (nSPS) is 20.9. The summed E-state index contributed by atoms with van der Waals surface area (Å²) in [5.41, 5.74) is 4.70. The highest BCUT2D eigenvalue weighted by atomic mass is 19.4. The smallest absolute Gasteiger partial charge is 0.430 e. The standard InChI is InChI=1S/C14H19N3O.C2HF3O2/c1-3-14(2)13(18)16-12(17-14)11(15)9-10-7-5-4-6-8-10;3-2(4,5)1(6)7/h4-8,11H,3,9,15H2,1-2H3,(H,16,17,18);(H,6,7)/t11-,14?;/m0./s1. The highest BCUT2D eigenvalue weighted by molar-refractivity contribution is 6.09. The Labute approximate surface area is 142 Å². The number of carboxylic acids is 1. The van der Waals surface area contributed by atoms with Crippen molar-refractivity contribution in [2.45, 2.75) is 44.4 Å². The maximum atomic E-state index is 11.8. The van der Waals surface area contributed by atoms with Crippen LogP contribution in [0.3, 0.4) is 0 Å². The van der Waals surface area contributed by atoms with Gasteiger partial charge in [0.2, 0.25) is 0 Å². The molecule has 1 aromatic rings. The number of carbonyl (C=O) groups excluding carboxylic acids is 2. The lowest BCUT2D eigenvalue weighted by Gasteiger charge is -2.13. The Balaban J connectivity index is 0.000000381. The van der Waals surface area contributed by atoms with E-state index in [0.29, 0.717) is 12.3 Å². The van der Waals surface area contributed by atoms with Gasteiger partial charge < -0.3 is 21.0 Å². The van der Waals surface area contributed by atoms with Gasteiger partial charge in [-0.05, 0) is 18.9 Å². The van der Waals surface area contributed by atoms with E-state index in [1.165, 1.54) is 5.56 Å². The van der Waals surface area contributed by atoms with Crippen molar-refractivity contribution < 1.29 is 33.6 Å². The van der Waals surface area contributed by atoms with E-state index in [1.54, 1.807) is 0 Å². The van der Waals surface area contributed by atoms with Crippen molar-refractivity contribution in [1.29, 1.82) is 0 Å². The van der Waals surface area contributed by atoms with Crippen LogP contribution >= 0.6 is 0 Å². The summed E-state index contributed by atoms with van der Waals surface area (Å²) in [5, 5.41) is 11.6. The zero-order chi connectivity index (χ0) is 19.3. The highest BCUT2D eigenvalue weighted by Gasteiger charge is 2.39. The summed E-state index contributed by atoms with van der Waals surface area (Å²) >= 11 is 0. The summed E-state index contributed by atoms with van der Waals surface area (Å²) in [4.78, 5) is 25.1. The lowest BCUT2D eigenvalue weighted by molar-refractivity contribution is -0.395. The van der Waals surface area contributed by atoms with Gasteiger partial charge in [-0.2, -0.15) is 13.2 Å². The van der Waals surface area contributed by atoms with Crippen LogP contribution in [0.2, 0.25) is 0 Å². The number of amidine groups is 1. The molecule has 6 nitrogen and oxygen atoms in total. The molecule has 1 amide bonds. The van der Waals surface area contributed by atoms with Crippen molar-refractivity contribution in [3.05, 3.63) is 35.9 Å². The molecule has 0 bridgehead atoms. The molecular formula is C16H20F3N3O3. The zero-order valence-corrected chi connectivity index (χ0v) is 13.9. The van der Waals surface area contributed by atoms with Gasteiger partial charge in [0.1, 0.15) is 17.6 Å². The van der Waals surface area contributed by atoms with E-state index in [2.05, 4.69) is 28.2 Å². The van der Waals surface area contributed by atoms with Crippen LogP contribution in [0.1, 0.15) is 25.8 Å². The molecule has 138 valence electrons. The molecule has 9 heteroatoms. The zero-order valence-electron chi connectivity index (χ0n) is 13.9. The Hall–Kier alpha value is -2.42. The molecule has 1 heterocycles. The van der Waals surface area contributed by atoms with Crippen LogP contribution in [0.25, 0.3) is 0 Å². The summed E-state index contributed by atoms with van der Waals surface area (Å²) in [6.07, 6.45) is -3.69. The number of nitrogens with zero attached hydrogens (tertiary/aromatic N) is 1. The van der Waals surface area contributed by atoms with Gasteiger partial charge >= 0.3 is 6.18 Å². The van der Waals surface area contributed by atoms with E-state index in [9.17, 15) is 18.0 Å². The maximum absolute atomic E-state index is 11.8. The summed E-state index contributed by atoms with van der Waals surface area (Å²) in [5.74, 6) is -2.30. The summed E-state index contributed by atoms with van der Waals surface area (Å²) < 4.78 is 31.5. The van der Waals surface area contributed by atoms with E-state index in [0.717, 1.165) is 6.42 Å². The van der Waals surface area contributed by atoms with Crippen LogP contribution in [0.4, 0.5) is 13.2 Å². The first-order chi connectivity index (χ1) is 11.5. The summed E-state index contributed by atoms with van der Waals surface area (Å²) in [7, 11) is 0. The molecule has 0 radical (unpaired) electrons. The Morgan fingerprint density at radius 3 is 2.28 bits per heavy atom. The number of nitrogens with one attached hydrogen (secondary N) is 1. The van der Waals surface area contributed by atoms with Gasteiger partial charge in [0.25, 0.3) is 5.91 Å². The van der Waals surface area contributed by atoms with Crippen LogP contribution in [0.5, 0.6) is 0 Å². The molecule has 0 aliphatic carbocycles. The minimum atomic E-state index is -5.19. The van der Waals surface area contributed by atoms with E-state index >= 15 is 0 Å². The fourth-order valence-corrected chi connectivity index (χ4v) is 2.02. The Kier molecular flexibility index (Phi) is 6.69. The van der Waals surface area contributed by atoms with Gasteiger partial charge in [0.05, 0.1) is 0 Å². The van der Waals surface area contributed by atoms with Crippen molar-refractivity contribution in [2.24, 2.45) is 4.99 Å². The van der Waals surface area contributed by atoms with Crippen molar-refractivity contribution in [1.82, 2.24) is 5.32 Å². The number of rotatable bonds is 4. The second kappa shape index (κ2) is 8.11. The molecule has 1 aliphatic heterocycles. The second-order valence-corrected chi connectivity index (χ2v) is 5.75. The van der Waals surface area contributed by atoms with Crippen LogP contribution in [0.15, 0.2) is 35.3 Å². The van der Waals surface area contributed by atoms with Gasteiger partial charge in [0, 0.05) is 6.42 Å². The molecule has 2 atom stereocenters. The molecule has 25 heavy (non-hydrogen) atoms. The maximum Gasteiger partial charge on any atom is 0.430 e. The number of benzene rings is 1. The molecule has 1 aliphatic rings. The number of hydrogen-bond acceptors (Lipinski definition) is 4. The van der Waals surface area contributed by atoms with E-state index < -0.39 is 17.7 Å². The average molecular weight is 359 g/mol. The molecule has 0 saturated heterocycles. The molecule has 1 aromatic carbocycles. The number of carbonyl (C=O) groups is 2. The molecule has 2 rings (SSSR count). The Morgan fingerprint density at radius 1 is 1.36 bits per heavy atom. The average Bonchev–Trinajstić information content (AvgIpc) is 2.84. The fourth-order valence-electron chi connectivity index (χ4n) is 2.02. The van der Waals surface area contributed by atoms with Crippen LogP contribution < -0.4 is 16.2 Å². The molecule has 1 unspecified atom stereocenters. The second-order valence-electron chi connectivity index (χ2n) is 5.75. The number of halogens is 3. The minimum Gasteiger partial charge on any atom is -0.542 e. The number of aliphatic carboxylic acids is 1. The SMILES string of the molecule is CCC1(C)N=C([C@@H]([NH3+])Cc2ccccc2)NC1=O.O=C([O-])C(F)(F)F. The van der Waals surface area contributed by atoms with Crippen LogP contribution in [-0.2, 0) is 16.0 Å². The highest BCUT2D eigenvalue weighted by Crippen LogP contribution is 2.20. The predicted octanol–water partition coefficient (Wildman–Crippen LogP) is -0.165. The van der Waals surface area contributed by atoms with Crippen molar-refractivity contribution >= 4 is 17.7 Å². The van der Waals surface area contributed by atoms with Crippen molar-refractivity contribution in [3.8, 4) is 0 Å². The van der Waals surface area contributed by atoms with Crippen LogP contribution in [-0.4, -0.2) is 35.5 Å². The van der Waals surface area contributed by atoms with Gasteiger partial charge in [-0.3, -0.25) is 9.79 Å². The first-order valence-corrected chi connectivity index (χ1v) is 7.56. The van der Waals surface area contributed by atoms with Gasteiger partial charge in [0.15, 0.2) is 5.84 Å². The third-order valence-corrected chi connectivity index (χ3v) is 3.73. The van der Waals surface area contributed by atoms with Crippen molar-refractivity contribution in [3.63, 3.8) is 0 Å². The monoisotopic (exact) mass is 359 g/mol. The van der Waals surface area contributed by atoms with E-state index in [1.807, 2.05) is 32.0 Å². The Bertz CT molecular complexity index is 647. The molecule has 0 saturated carbocycles. The van der Waals surface area contributed by atoms with Gasteiger partial charge in [-0.15, -0.1) is 0 Å². The van der Waals surface area contributed by atoms with Gasteiger partial charge in [-0.25, -0.2) is 0 Å². The lowest BCUT2D eigenvalue weighted by atomic mass is 10.0. The molecule has 0 spiro atoms. The number of hydrogen-bond donors (Lipinski definition) is 2. The summed E-state index contributed by atoms with van der Waals surface area (Å²) in [6.45, 7) is 3.84. The number of alkyl halides is 3. The van der Waals surface area contributed by atoms with E-state index in [4.69, 9.17) is 9.90 Å².